The van der Waals surface area contributed by atoms with Crippen LogP contribution in [0.5, 0.6) is 5.75 Å². The van der Waals surface area contributed by atoms with Gasteiger partial charge in [-0.15, -0.1) is 16.4 Å². The highest BCUT2D eigenvalue weighted by molar-refractivity contribution is 7.15. The van der Waals surface area contributed by atoms with Crippen LogP contribution in [0.15, 0.2) is 36.8 Å². The molecule has 2 N–H and O–H groups in total. The molecule has 0 unspecified atom stereocenters. The van der Waals surface area contributed by atoms with Crippen molar-refractivity contribution in [3.8, 4) is 16.3 Å². The molecule has 0 radical (unpaired) electrons. The Hall–Kier alpha value is -2.88. The number of hydrogen-bond donors (Lipinski definition) is 2. The number of benzene rings is 1. The fourth-order valence-corrected chi connectivity index (χ4v) is 5.14. The first-order valence-electron chi connectivity index (χ1n) is 11.9. The molecule has 1 saturated carbocycles. The van der Waals surface area contributed by atoms with Crippen molar-refractivity contribution in [2.75, 3.05) is 26.2 Å². The quantitative estimate of drug-likeness (QED) is 0.533. The van der Waals surface area contributed by atoms with Crippen LogP contribution in [0.1, 0.15) is 64.8 Å². The van der Waals surface area contributed by atoms with Crippen molar-refractivity contribution in [3.05, 3.63) is 58.6 Å². The second kappa shape index (κ2) is 10.2. The molecule has 0 spiro atoms. The van der Waals surface area contributed by atoms with Crippen molar-refractivity contribution in [1.29, 1.82) is 0 Å². The summed E-state index contributed by atoms with van der Waals surface area (Å²) in [7, 11) is 0. The molecule has 1 atom stereocenters. The molecule has 3 heterocycles. The standard InChI is InChI=1S/C25H30N6O2S/c1-16-13-28-22(14-27-16)17(2)30-24(32)19-10-20(25-29-15-23(34-25)18-4-3-5-18)12-21(11-19)33-31-8-6-26-7-9-31/h10-15,17-18,26H,3-9H2,1-2H3,(H,30,32)/t17-/m1/s1. The van der Waals surface area contributed by atoms with Gasteiger partial charge in [-0.1, -0.05) is 6.42 Å². The summed E-state index contributed by atoms with van der Waals surface area (Å²) >= 11 is 1.72. The van der Waals surface area contributed by atoms with Crippen molar-refractivity contribution in [2.45, 2.75) is 45.1 Å². The second-order valence-corrected chi connectivity index (χ2v) is 10.1. The lowest BCUT2D eigenvalue weighted by molar-refractivity contribution is -0.0664. The fourth-order valence-electron chi connectivity index (χ4n) is 4.07. The molecule has 34 heavy (non-hydrogen) atoms. The lowest BCUT2D eigenvalue weighted by atomic mass is 9.85. The first-order valence-corrected chi connectivity index (χ1v) is 12.7. The molecule has 2 aliphatic rings. The number of nitrogens with zero attached hydrogens (tertiary/aromatic N) is 4. The smallest absolute Gasteiger partial charge is 0.251 e. The van der Waals surface area contributed by atoms with Crippen LogP contribution in [0.4, 0.5) is 0 Å². The van der Waals surface area contributed by atoms with E-state index in [1.54, 1.807) is 29.8 Å². The van der Waals surface area contributed by atoms with E-state index in [9.17, 15) is 4.79 Å². The maximum atomic E-state index is 13.2. The number of thiazole rings is 1. The minimum Gasteiger partial charge on any atom is -0.406 e. The summed E-state index contributed by atoms with van der Waals surface area (Å²) in [6.45, 7) is 7.13. The lowest BCUT2D eigenvalue weighted by Crippen LogP contribution is -2.45. The van der Waals surface area contributed by atoms with Crippen LogP contribution in [0.2, 0.25) is 0 Å². The zero-order valence-corrected chi connectivity index (χ0v) is 20.4. The van der Waals surface area contributed by atoms with Crippen LogP contribution < -0.4 is 15.5 Å². The average molecular weight is 479 g/mol. The molecule has 1 aliphatic carbocycles. The van der Waals surface area contributed by atoms with Gasteiger partial charge in [-0.2, -0.15) is 0 Å². The summed E-state index contributed by atoms with van der Waals surface area (Å²) in [6, 6.07) is 5.41. The predicted molar refractivity (Wildman–Crippen MR) is 132 cm³/mol. The van der Waals surface area contributed by atoms with Gasteiger partial charge in [0.15, 0.2) is 0 Å². The SMILES string of the molecule is Cc1cnc([C@@H](C)NC(=O)c2cc(ON3CCNCC3)cc(-c3ncc(C4CCC4)s3)c2)cn1. The van der Waals surface area contributed by atoms with Gasteiger partial charge in [-0.25, -0.2) is 4.98 Å². The van der Waals surface area contributed by atoms with Crippen molar-refractivity contribution < 1.29 is 9.63 Å². The van der Waals surface area contributed by atoms with Gasteiger partial charge in [0.2, 0.25) is 0 Å². The average Bonchev–Trinajstić information content (AvgIpc) is 3.28. The molecule has 9 heteroatoms. The number of amides is 1. The van der Waals surface area contributed by atoms with Crippen molar-refractivity contribution in [1.82, 2.24) is 30.6 Å². The lowest BCUT2D eigenvalue weighted by Gasteiger charge is -2.27. The molecular weight excluding hydrogens is 448 g/mol. The van der Waals surface area contributed by atoms with E-state index in [0.717, 1.165) is 48.1 Å². The second-order valence-electron chi connectivity index (χ2n) is 8.99. The van der Waals surface area contributed by atoms with Gasteiger partial charge in [0.1, 0.15) is 10.8 Å². The Kier molecular flexibility index (Phi) is 6.85. The van der Waals surface area contributed by atoms with Crippen LogP contribution in [0, 0.1) is 6.92 Å². The number of rotatable bonds is 7. The number of nitrogens with one attached hydrogen (secondary N) is 2. The minimum absolute atomic E-state index is 0.183. The zero-order valence-electron chi connectivity index (χ0n) is 19.6. The number of aryl methyl sites for hydroxylation is 1. The van der Waals surface area contributed by atoms with Crippen LogP contribution in [-0.4, -0.2) is 52.1 Å². The summed E-state index contributed by atoms with van der Waals surface area (Å²) < 4.78 is 0. The Morgan fingerprint density at radius 1 is 1.15 bits per heavy atom. The van der Waals surface area contributed by atoms with E-state index in [2.05, 4.69) is 25.6 Å². The van der Waals surface area contributed by atoms with Gasteiger partial charge in [-0.3, -0.25) is 14.8 Å². The number of hydrogen-bond acceptors (Lipinski definition) is 8. The topological polar surface area (TPSA) is 92.3 Å². The Bertz CT molecular complexity index is 1140. The third-order valence-electron chi connectivity index (χ3n) is 6.35. The van der Waals surface area contributed by atoms with Gasteiger partial charge >= 0.3 is 0 Å². The van der Waals surface area contributed by atoms with Crippen LogP contribution in [0.3, 0.4) is 0 Å². The summed E-state index contributed by atoms with van der Waals surface area (Å²) in [5.74, 6) is 1.09. The van der Waals surface area contributed by atoms with E-state index in [1.807, 2.05) is 37.2 Å². The van der Waals surface area contributed by atoms with Gasteiger partial charge in [-0.05, 0) is 50.8 Å². The molecular formula is C25H30N6O2S. The van der Waals surface area contributed by atoms with E-state index in [1.165, 1.54) is 24.1 Å². The van der Waals surface area contributed by atoms with Gasteiger partial charge in [0.25, 0.3) is 5.91 Å². The van der Waals surface area contributed by atoms with E-state index < -0.39 is 0 Å². The maximum Gasteiger partial charge on any atom is 0.251 e. The monoisotopic (exact) mass is 478 g/mol. The summed E-state index contributed by atoms with van der Waals surface area (Å²) in [5, 5.41) is 9.22. The number of carbonyl (C=O) groups excluding carboxylic acids is 1. The molecule has 178 valence electrons. The molecule has 1 aromatic carbocycles. The summed E-state index contributed by atoms with van der Waals surface area (Å²) in [5.41, 5.74) is 3.00. The highest BCUT2D eigenvalue weighted by Gasteiger charge is 2.23. The van der Waals surface area contributed by atoms with E-state index in [-0.39, 0.29) is 11.9 Å². The number of carbonyl (C=O) groups is 1. The molecule has 8 nitrogen and oxygen atoms in total. The van der Waals surface area contributed by atoms with E-state index in [4.69, 9.17) is 4.84 Å². The minimum atomic E-state index is -0.271. The zero-order chi connectivity index (χ0) is 23.5. The van der Waals surface area contributed by atoms with Gasteiger partial charge in [0, 0.05) is 54.6 Å². The van der Waals surface area contributed by atoms with Crippen LogP contribution in [0.25, 0.3) is 10.6 Å². The first kappa shape index (κ1) is 22.9. The normalized spacial score (nSPS) is 17.7. The highest BCUT2D eigenvalue weighted by atomic mass is 32.1. The molecule has 1 saturated heterocycles. The van der Waals surface area contributed by atoms with Crippen LogP contribution in [-0.2, 0) is 0 Å². The number of aromatic nitrogens is 3. The molecule has 2 fully saturated rings. The molecule has 1 aliphatic heterocycles. The third kappa shape index (κ3) is 5.27. The Labute approximate surface area is 203 Å². The Morgan fingerprint density at radius 3 is 2.68 bits per heavy atom. The number of piperazine rings is 1. The highest BCUT2D eigenvalue weighted by Crippen LogP contribution is 2.41. The number of hydroxylamine groups is 2. The Balaban J connectivity index is 1.40. The first-order chi connectivity index (χ1) is 16.5. The predicted octanol–water partition coefficient (Wildman–Crippen LogP) is 3.87. The van der Waals surface area contributed by atoms with Crippen molar-refractivity contribution >= 4 is 17.2 Å². The van der Waals surface area contributed by atoms with Crippen LogP contribution >= 0.6 is 11.3 Å². The molecule has 5 rings (SSSR count). The maximum absolute atomic E-state index is 13.2. The van der Waals surface area contributed by atoms with Crippen molar-refractivity contribution in [3.63, 3.8) is 0 Å². The largest absolute Gasteiger partial charge is 0.406 e. The van der Waals surface area contributed by atoms with Crippen molar-refractivity contribution in [2.24, 2.45) is 0 Å². The fraction of sp³-hybridized carbons (Fsp3) is 0.440. The molecule has 2 aromatic heterocycles. The summed E-state index contributed by atoms with van der Waals surface area (Å²) in [4.78, 5) is 34.1. The van der Waals surface area contributed by atoms with E-state index >= 15 is 0 Å². The molecule has 3 aromatic rings. The molecule has 1 amide bonds. The summed E-state index contributed by atoms with van der Waals surface area (Å²) in [6.07, 6.45) is 9.17. The third-order valence-corrected chi connectivity index (χ3v) is 7.56. The Morgan fingerprint density at radius 2 is 1.97 bits per heavy atom. The molecule has 0 bridgehead atoms. The van der Waals surface area contributed by atoms with E-state index in [0.29, 0.717) is 17.2 Å². The van der Waals surface area contributed by atoms with Gasteiger partial charge < -0.3 is 15.5 Å². The van der Waals surface area contributed by atoms with Gasteiger partial charge in [0.05, 0.1) is 23.6 Å².